The van der Waals surface area contributed by atoms with E-state index in [-0.39, 0.29) is 15.8 Å². The Balaban J connectivity index is 1.99. The van der Waals surface area contributed by atoms with E-state index < -0.39 is 0 Å². The summed E-state index contributed by atoms with van der Waals surface area (Å²) >= 11 is 11.6. The molecule has 0 bridgehead atoms. The van der Waals surface area contributed by atoms with Crippen molar-refractivity contribution in [1.29, 1.82) is 0 Å². The van der Waals surface area contributed by atoms with Gasteiger partial charge in [-0.15, -0.1) is 10.2 Å². The quantitative estimate of drug-likeness (QED) is 0.922. The van der Waals surface area contributed by atoms with E-state index in [0.29, 0.717) is 12.4 Å². The SMILES string of the molecule is NC1(COc2cc(Cl)nnc2Cl)CCCCC1. The van der Waals surface area contributed by atoms with Gasteiger partial charge in [-0.3, -0.25) is 0 Å². The molecule has 1 aliphatic carbocycles. The van der Waals surface area contributed by atoms with Crippen molar-refractivity contribution < 1.29 is 4.74 Å². The first kappa shape index (κ1) is 12.9. The summed E-state index contributed by atoms with van der Waals surface area (Å²) in [6.45, 7) is 0.439. The van der Waals surface area contributed by atoms with Gasteiger partial charge >= 0.3 is 0 Å². The maximum absolute atomic E-state index is 6.26. The van der Waals surface area contributed by atoms with Gasteiger partial charge in [-0.1, -0.05) is 42.5 Å². The standard InChI is InChI=1S/C11H15Cl2N3O/c12-9-6-8(10(13)16-15-9)17-7-11(14)4-2-1-3-5-11/h6H,1-5,7,14H2. The van der Waals surface area contributed by atoms with Crippen LogP contribution in [0.5, 0.6) is 5.75 Å². The van der Waals surface area contributed by atoms with Gasteiger partial charge in [0.15, 0.2) is 16.1 Å². The Kier molecular flexibility index (Phi) is 4.07. The number of nitrogens with two attached hydrogens (primary N) is 1. The summed E-state index contributed by atoms with van der Waals surface area (Å²) in [5, 5.41) is 7.79. The second-order valence-corrected chi connectivity index (χ2v) is 5.28. The van der Waals surface area contributed by atoms with Crippen LogP contribution in [0.4, 0.5) is 0 Å². The Hall–Kier alpha value is -0.580. The molecule has 6 heteroatoms. The number of halogens is 2. The van der Waals surface area contributed by atoms with Crippen LogP contribution in [0.3, 0.4) is 0 Å². The Bertz CT molecular complexity index is 394. The topological polar surface area (TPSA) is 61.0 Å². The number of hydrogen-bond donors (Lipinski definition) is 1. The van der Waals surface area contributed by atoms with Crippen molar-refractivity contribution in [2.45, 2.75) is 37.6 Å². The summed E-state index contributed by atoms with van der Waals surface area (Å²) in [4.78, 5) is 0. The zero-order valence-electron chi connectivity index (χ0n) is 9.46. The molecule has 4 nitrogen and oxygen atoms in total. The molecule has 17 heavy (non-hydrogen) atoms. The van der Waals surface area contributed by atoms with Crippen molar-refractivity contribution >= 4 is 23.2 Å². The monoisotopic (exact) mass is 275 g/mol. The van der Waals surface area contributed by atoms with Crippen LogP contribution in [0.2, 0.25) is 10.3 Å². The first-order valence-electron chi connectivity index (χ1n) is 5.69. The average molecular weight is 276 g/mol. The smallest absolute Gasteiger partial charge is 0.193 e. The van der Waals surface area contributed by atoms with E-state index in [2.05, 4.69) is 10.2 Å². The number of hydrogen-bond acceptors (Lipinski definition) is 4. The van der Waals surface area contributed by atoms with E-state index in [9.17, 15) is 0 Å². The molecule has 0 saturated heterocycles. The largest absolute Gasteiger partial charge is 0.488 e. The third-order valence-corrected chi connectivity index (χ3v) is 3.50. The molecule has 1 fully saturated rings. The predicted molar refractivity (Wildman–Crippen MR) is 67.6 cm³/mol. The van der Waals surface area contributed by atoms with Gasteiger partial charge < -0.3 is 10.5 Å². The molecular formula is C11H15Cl2N3O. The molecule has 1 saturated carbocycles. The van der Waals surface area contributed by atoms with Crippen LogP contribution in [0.25, 0.3) is 0 Å². The van der Waals surface area contributed by atoms with Crippen LogP contribution < -0.4 is 10.5 Å². The van der Waals surface area contributed by atoms with E-state index in [0.717, 1.165) is 25.7 Å². The lowest BCUT2D eigenvalue weighted by molar-refractivity contribution is 0.173. The highest BCUT2D eigenvalue weighted by molar-refractivity contribution is 6.32. The van der Waals surface area contributed by atoms with E-state index in [4.69, 9.17) is 33.7 Å². The van der Waals surface area contributed by atoms with E-state index in [1.807, 2.05) is 0 Å². The average Bonchev–Trinajstić information content (AvgIpc) is 2.31. The molecular weight excluding hydrogens is 261 g/mol. The van der Waals surface area contributed by atoms with Crippen LogP contribution in [-0.4, -0.2) is 22.3 Å². The number of aromatic nitrogens is 2. The zero-order valence-corrected chi connectivity index (χ0v) is 11.0. The second-order valence-electron chi connectivity index (χ2n) is 4.53. The number of rotatable bonds is 3. The molecule has 1 aliphatic rings. The van der Waals surface area contributed by atoms with Gasteiger partial charge in [-0.25, -0.2) is 0 Å². The summed E-state index contributed by atoms with van der Waals surface area (Å²) in [5.41, 5.74) is 6.01. The maximum Gasteiger partial charge on any atom is 0.193 e. The third kappa shape index (κ3) is 3.44. The normalized spacial score (nSPS) is 19.0. The Morgan fingerprint density at radius 1 is 1.24 bits per heavy atom. The minimum atomic E-state index is -0.253. The Labute approximate surface area is 110 Å². The molecule has 0 amide bonds. The lowest BCUT2D eigenvalue weighted by atomic mass is 9.83. The van der Waals surface area contributed by atoms with Crippen molar-refractivity contribution in [2.75, 3.05) is 6.61 Å². The zero-order chi connectivity index (χ0) is 12.3. The number of ether oxygens (including phenoxy) is 1. The maximum atomic E-state index is 6.26. The number of nitrogens with zero attached hydrogens (tertiary/aromatic N) is 2. The van der Waals surface area contributed by atoms with Crippen LogP contribution >= 0.6 is 23.2 Å². The fourth-order valence-electron chi connectivity index (χ4n) is 2.06. The molecule has 0 aliphatic heterocycles. The summed E-state index contributed by atoms with van der Waals surface area (Å²) < 4.78 is 5.62. The van der Waals surface area contributed by atoms with Crippen LogP contribution in [-0.2, 0) is 0 Å². The Morgan fingerprint density at radius 3 is 2.65 bits per heavy atom. The molecule has 2 rings (SSSR count). The molecule has 0 aromatic carbocycles. The lowest BCUT2D eigenvalue weighted by Gasteiger charge is -2.33. The van der Waals surface area contributed by atoms with Gasteiger partial charge in [0.05, 0.1) is 5.54 Å². The van der Waals surface area contributed by atoms with Crippen LogP contribution in [0.15, 0.2) is 6.07 Å². The predicted octanol–water partition coefficient (Wildman–Crippen LogP) is 2.82. The first-order valence-corrected chi connectivity index (χ1v) is 6.45. The van der Waals surface area contributed by atoms with Gasteiger partial charge in [0.25, 0.3) is 0 Å². The minimum Gasteiger partial charge on any atom is -0.488 e. The highest BCUT2D eigenvalue weighted by Gasteiger charge is 2.28. The molecule has 0 unspecified atom stereocenters. The van der Waals surface area contributed by atoms with Crippen LogP contribution in [0, 0.1) is 0 Å². The van der Waals surface area contributed by atoms with Crippen molar-refractivity contribution in [2.24, 2.45) is 5.73 Å². The highest BCUT2D eigenvalue weighted by Crippen LogP contribution is 2.29. The molecule has 0 atom stereocenters. The van der Waals surface area contributed by atoms with Crippen molar-refractivity contribution in [3.63, 3.8) is 0 Å². The molecule has 2 N–H and O–H groups in total. The van der Waals surface area contributed by atoms with Gasteiger partial charge in [0.1, 0.15) is 6.61 Å². The highest BCUT2D eigenvalue weighted by atomic mass is 35.5. The van der Waals surface area contributed by atoms with E-state index in [1.165, 1.54) is 6.42 Å². The third-order valence-electron chi connectivity index (χ3n) is 3.05. The van der Waals surface area contributed by atoms with Gasteiger partial charge in [-0.2, -0.15) is 0 Å². The first-order chi connectivity index (χ1) is 8.09. The minimum absolute atomic E-state index is 0.216. The summed E-state index contributed by atoms with van der Waals surface area (Å²) in [6.07, 6.45) is 5.53. The van der Waals surface area contributed by atoms with Gasteiger partial charge in [0, 0.05) is 6.07 Å². The van der Waals surface area contributed by atoms with E-state index >= 15 is 0 Å². The molecule has 0 spiro atoms. The fraction of sp³-hybridized carbons (Fsp3) is 0.636. The van der Waals surface area contributed by atoms with Gasteiger partial charge in [0.2, 0.25) is 0 Å². The second kappa shape index (κ2) is 5.38. The van der Waals surface area contributed by atoms with Crippen molar-refractivity contribution in [1.82, 2.24) is 10.2 Å². The molecule has 1 aromatic heterocycles. The van der Waals surface area contributed by atoms with Crippen LogP contribution in [0.1, 0.15) is 32.1 Å². The summed E-state index contributed by atoms with van der Waals surface area (Å²) in [5.74, 6) is 0.446. The Morgan fingerprint density at radius 2 is 1.94 bits per heavy atom. The molecule has 1 aromatic rings. The molecule has 94 valence electrons. The van der Waals surface area contributed by atoms with Crippen molar-refractivity contribution in [3.05, 3.63) is 16.4 Å². The fourth-order valence-corrected chi connectivity index (χ4v) is 2.34. The lowest BCUT2D eigenvalue weighted by Crippen LogP contribution is -2.47. The summed E-state index contributed by atoms with van der Waals surface area (Å²) in [7, 11) is 0. The van der Waals surface area contributed by atoms with Crippen molar-refractivity contribution in [3.8, 4) is 5.75 Å². The van der Waals surface area contributed by atoms with Gasteiger partial charge in [-0.05, 0) is 12.8 Å². The molecule has 1 heterocycles. The molecule has 0 radical (unpaired) electrons. The summed E-state index contributed by atoms with van der Waals surface area (Å²) in [6, 6.07) is 1.56. The van der Waals surface area contributed by atoms with E-state index in [1.54, 1.807) is 6.07 Å².